The fourth-order valence-electron chi connectivity index (χ4n) is 3.66. The van der Waals surface area contributed by atoms with Crippen molar-refractivity contribution in [3.05, 3.63) is 22.7 Å². The lowest BCUT2D eigenvalue weighted by atomic mass is 9.78. The van der Waals surface area contributed by atoms with E-state index < -0.39 is 10.0 Å². The Morgan fingerprint density at radius 2 is 1.71 bits per heavy atom. The Labute approximate surface area is 134 Å². The van der Waals surface area contributed by atoms with Crippen molar-refractivity contribution in [2.45, 2.75) is 43.4 Å². The summed E-state index contributed by atoms with van der Waals surface area (Å²) in [7, 11) is -3.42. The largest absolute Gasteiger partial charge is 0.398 e. The summed E-state index contributed by atoms with van der Waals surface area (Å²) in [5.74, 6) is 0. The number of halogens is 1. The predicted molar refractivity (Wildman–Crippen MR) is 87.4 cm³/mol. The van der Waals surface area contributed by atoms with Gasteiger partial charge in [0.2, 0.25) is 10.0 Å². The zero-order valence-electron chi connectivity index (χ0n) is 12.0. The Morgan fingerprint density at radius 3 is 2.29 bits per heavy atom. The van der Waals surface area contributed by atoms with Gasteiger partial charge in [0.1, 0.15) is 0 Å². The molecule has 116 valence electrons. The molecular weight excluding hydrogens is 352 g/mol. The molecule has 3 rings (SSSR count). The second-order valence-electron chi connectivity index (χ2n) is 6.29. The van der Waals surface area contributed by atoms with Crippen molar-refractivity contribution in [2.24, 2.45) is 5.41 Å². The third-order valence-electron chi connectivity index (χ3n) is 5.05. The highest BCUT2D eigenvalue weighted by molar-refractivity contribution is 9.10. The van der Waals surface area contributed by atoms with Crippen molar-refractivity contribution in [1.29, 1.82) is 0 Å². The molecule has 1 spiro atoms. The van der Waals surface area contributed by atoms with E-state index >= 15 is 0 Å². The molecule has 1 saturated carbocycles. The van der Waals surface area contributed by atoms with E-state index in [1.807, 2.05) is 0 Å². The number of nitrogens with zero attached hydrogens (tertiary/aromatic N) is 1. The fourth-order valence-corrected chi connectivity index (χ4v) is 5.38. The summed E-state index contributed by atoms with van der Waals surface area (Å²) < 4.78 is 27.8. The Bertz CT molecular complexity index is 629. The highest BCUT2D eigenvalue weighted by Gasteiger charge is 2.40. The van der Waals surface area contributed by atoms with Crippen molar-refractivity contribution in [3.63, 3.8) is 0 Å². The molecule has 0 atom stereocenters. The molecule has 1 aromatic rings. The SMILES string of the molecule is Nc1cc(S(=O)(=O)N2CCC3(CCCC3)CC2)ccc1Br. The van der Waals surface area contributed by atoms with Gasteiger partial charge >= 0.3 is 0 Å². The van der Waals surface area contributed by atoms with Crippen LogP contribution in [0.4, 0.5) is 5.69 Å². The minimum Gasteiger partial charge on any atom is -0.398 e. The van der Waals surface area contributed by atoms with Crippen LogP contribution in [0.1, 0.15) is 38.5 Å². The molecule has 2 fully saturated rings. The summed E-state index contributed by atoms with van der Waals surface area (Å²) in [4.78, 5) is 0.297. The smallest absolute Gasteiger partial charge is 0.243 e. The maximum atomic E-state index is 12.7. The molecular formula is C15H21BrN2O2S. The van der Waals surface area contributed by atoms with Gasteiger partial charge in [-0.3, -0.25) is 0 Å². The molecule has 0 unspecified atom stereocenters. The van der Waals surface area contributed by atoms with E-state index in [4.69, 9.17) is 5.73 Å². The first-order valence-electron chi connectivity index (χ1n) is 7.48. The lowest BCUT2D eigenvalue weighted by molar-refractivity contribution is 0.160. The van der Waals surface area contributed by atoms with Gasteiger partial charge in [0.25, 0.3) is 0 Å². The normalized spacial score (nSPS) is 22.7. The Morgan fingerprint density at radius 1 is 1.10 bits per heavy atom. The van der Waals surface area contributed by atoms with E-state index in [1.54, 1.807) is 22.5 Å². The molecule has 0 bridgehead atoms. The van der Waals surface area contributed by atoms with Gasteiger partial charge < -0.3 is 5.73 Å². The van der Waals surface area contributed by atoms with E-state index in [0.29, 0.717) is 29.1 Å². The number of nitrogen functional groups attached to an aromatic ring is 1. The van der Waals surface area contributed by atoms with Crippen molar-refractivity contribution in [2.75, 3.05) is 18.8 Å². The molecule has 1 aliphatic heterocycles. The third-order valence-corrected chi connectivity index (χ3v) is 7.67. The number of hydrogen-bond acceptors (Lipinski definition) is 3. The van der Waals surface area contributed by atoms with Crippen LogP contribution in [0.2, 0.25) is 0 Å². The first kappa shape index (κ1) is 15.3. The lowest BCUT2D eigenvalue weighted by Crippen LogP contribution is -2.42. The molecule has 2 N–H and O–H groups in total. The number of piperidine rings is 1. The van der Waals surface area contributed by atoms with Crippen molar-refractivity contribution in [3.8, 4) is 0 Å². The van der Waals surface area contributed by atoms with Crippen LogP contribution < -0.4 is 5.73 Å². The van der Waals surface area contributed by atoms with E-state index in [2.05, 4.69) is 15.9 Å². The average molecular weight is 373 g/mol. The molecule has 0 radical (unpaired) electrons. The first-order valence-corrected chi connectivity index (χ1v) is 9.72. The fraction of sp³-hybridized carbons (Fsp3) is 0.600. The van der Waals surface area contributed by atoms with Crippen LogP contribution in [-0.4, -0.2) is 25.8 Å². The molecule has 4 nitrogen and oxygen atoms in total. The summed E-state index contributed by atoms with van der Waals surface area (Å²) in [5, 5.41) is 0. The predicted octanol–water partition coefficient (Wildman–Crippen LogP) is 3.38. The number of hydrogen-bond donors (Lipinski definition) is 1. The van der Waals surface area contributed by atoms with Crippen molar-refractivity contribution in [1.82, 2.24) is 4.31 Å². The third kappa shape index (κ3) is 2.85. The maximum absolute atomic E-state index is 12.7. The Kier molecular flexibility index (Phi) is 4.05. The summed E-state index contributed by atoms with van der Waals surface area (Å²) in [6.45, 7) is 1.27. The minimum atomic E-state index is -3.42. The number of nitrogens with two attached hydrogens (primary N) is 1. The molecule has 1 aliphatic carbocycles. The molecule has 0 aromatic heterocycles. The van der Waals surface area contributed by atoms with Gasteiger partial charge in [0.05, 0.1) is 4.90 Å². The molecule has 0 amide bonds. The van der Waals surface area contributed by atoms with Gasteiger partial charge in [-0.15, -0.1) is 0 Å². The monoisotopic (exact) mass is 372 g/mol. The molecule has 1 heterocycles. The second-order valence-corrected chi connectivity index (χ2v) is 9.09. The first-order chi connectivity index (χ1) is 9.93. The highest BCUT2D eigenvalue weighted by atomic mass is 79.9. The van der Waals surface area contributed by atoms with Gasteiger partial charge in [-0.05, 0) is 65.2 Å². The standard InChI is InChI=1S/C15H21BrN2O2S/c16-13-4-3-12(11-14(13)17)21(19,20)18-9-7-15(8-10-18)5-1-2-6-15/h3-4,11H,1-2,5-10,17H2. The molecule has 1 aromatic carbocycles. The van der Waals surface area contributed by atoms with Crippen LogP contribution in [0, 0.1) is 5.41 Å². The molecule has 1 saturated heterocycles. The summed E-state index contributed by atoms with van der Waals surface area (Å²) in [6.07, 6.45) is 7.14. The van der Waals surface area contributed by atoms with Crippen LogP contribution in [0.5, 0.6) is 0 Å². The van der Waals surface area contributed by atoms with Gasteiger partial charge in [-0.2, -0.15) is 4.31 Å². The zero-order chi connectivity index (χ0) is 15.1. The van der Waals surface area contributed by atoms with Crippen LogP contribution in [0.25, 0.3) is 0 Å². The number of rotatable bonds is 2. The van der Waals surface area contributed by atoms with E-state index in [1.165, 1.54) is 25.7 Å². The number of anilines is 1. The van der Waals surface area contributed by atoms with Crippen molar-refractivity contribution >= 4 is 31.6 Å². The number of benzene rings is 1. The van der Waals surface area contributed by atoms with Gasteiger partial charge in [-0.1, -0.05) is 12.8 Å². The second kappa shape index (κ2) is 5.56. The van der Waals surface area contributed by atoms with Crippen LogP contribution >= 0.6 is 15.9 Å². The van der Waals surface area contributed by atoms with Crippen LogP contribution in [0.15, 0.2) is 27.6 Å². The molecule has 6 heteroatoms. The topological polar surface area (TPSA) is 63.4 Å². The Balaban J connectivity index is 1.78. The molecule has 21 heavy (non-hydrogen) atoms. The highest BCUT2D eigenvalue weighted by Crippen LogP contribution is 2.46. The number of sulfonamides is 1. The van der Waals surface area contributed by atoms with Crippen LogP contribution in [0.3, 0.4) is 0 Å². The molecule has 2 aliphatic rings. The van der Waals surface area contributed by atoms with Gasteiger partial charge in [0, 0.05) is 23.2 Å². The Hall–Kier alpha value is -0.590. The summed E-state index contributed by atoms with van der Waals surface area (Å²) in [6, 6.07) is 4.86. The van der Waals surface area contributed by atoms with E-state index in [-0.39, 0.29) is 0 Å². The van der Waals surface area contributed by atoms with E-state index in [9.17, 15) is 8.42 Å². The van der Waals surface area contributed by atoms with Gasteiger partial charge in [-0.25, -0.2) is 8.42 Å². The average Bonchev–Trinajstić information content (AvgIpc) is 2.90. The minimum absolute atomic E-state index is 0.297. The lowest BCUT2D eigenvalue weighted by Gasteiger charge is -2.38. The van der Waals surface area contributed by atoms with Gasteiger partial charge in [0.15, 0.2) is 0 Å². The summed E-state index contributed by atoms with van der Waals surface area (Å²) in [5.41, 5.74) is 6.69. The maximum Gasteiger partial charge on any atom is 0.243 e. The van der Waals surface area contributed by atoms with E-state index in [0.717, 1.165) is 17.3 Å². The zero-order valence-corrected chi connectivity index (χ0v) is 14.4. The quantitative estimate of drug-likeness (QED) is 0.809. The van der Waals surface area contributed by atoms with Crippen LogP contribution in [-0.2, 0) is 10.0 Å². The summed E-state index contributed by atoms with van der Waals surface area (Å²) >= 11 is 3.30. The van der Waals surface area contributed by atoms with Crippen molar-refractivity contribution < 1.29 is 8.42 Å².